The molecule has 0 radical (unpaired) electrons. The van der Waals surface area contributed by atoms with Crippen molar-refractivity contribution in [2.75, 3.05) is 18.0 Å². The van der Waals surface area contributed by atoms with Crippen molar-refractivity contribution >= 4 is 16.7 Å². The van der Waals surface area contributed by atoms with Crippen LogP contribution in [0.3, 0.4) is 0 Å². The predicted octanol–water partition coefficient (Wildman–Crippen LogP) is 3.31. The lowest BCUT2D eigenvalue weighted by Gasteiger charge is -2.31. The van der Waals surface area contributed by atoms with Crippen LogP contribution in [0.1, 0.15) is 24.2 Å². The first-order chi connectivity index (χ1) is 10.9. The molecule has 3 heterocycles. The highest BCUT2D eigenvalue weighted by Crippen LogP contribution is 2.30. The minimum Gasteiger partial charge on any atom is -0.474 e. The first kappa shape index (κ1) is 16.0. The Bertz CT molecular complexity index is 651. The molecule has 0 amide bonds. The van der Waals surface area contributed by atoms with Crippen molar-refractivity contribution in [3.05, 3.63) is 29.7 Å². The van der Waals surface area contributed by atoms with Crippen molar-refractivity contribution in [2.45, 2.75) is 32.0 Å². The average Bonchev–Trinajstić information content (AvgIpc) is 2.94. The molecule has 5 nitrogen and oxygen atoms in total. The van der Waals surface area contributed by atoms with Gasteiger partial charge in [-0.05, 0) is 13.0 Å². The van der Waals surface area contributed by atoms with Gasteiger partial charge in [0.05, 0.1) is 5.56 Å². The highest BCUT2D eigenvalue weighted by Gasteiger charge is 2.31. The molecule has 1 aliphatic heterocycles. The average molecular weight is 344 g/mol. The molecule has 23 heavy (non-hydrogen) atoms. The fourth-order valence-electron chi connectivity index (χ4n) is 2.37. The van der Waals surface area contributed by atoms with Gasteiger partial charge in [0.1, 0.15) is 11.9 Å². The number of ether oxygens (including phenoxy) is 1. The van der Waals surface area contributed by atoms with Gasteiger partial charge in [0.15, 0.2) is 0 Å². The van der Waals surface area contributed by atoms with Crippen LogP contribution in [0.25, 0.3) is 0 Å². The van der Waals surface area contributed by atoms with Crippen LogP contribution < -0.4 is 9.64 Å². The van der Waals surface area contributed by atoms with Gasteiger partial charge in [-0.1, -0.05) is 0 Å². The van der Waals surface area contributed by atoms with E-state index in [1.54, 1.807) is 0 Å². The Morgan fingerprint density at radius 3 is 2.52 bits per heavy atom. The van der Waals surface area contributed by atoms with Gasteiger partial charge >= 0.3 is 6.18 Å². The summed E-state index contributed by atoms with van der Waals surface area (Å²) in [6, 6.07) is 2.25. The Labute approximate surface area is 135 Å². The molecule has 9 heteroatoms. The fourth-order valence-corrected chi connectivity index (χ4v) is 3.09. The summed E-state index contributed by atoms with van der Waals surface area (Å²) >= 11 is 1.37. The summed E-state index contributed by atoms with van der Waals surface area (Å²) in [6.45, 7) is 3.41. The number of halogens is 3. The lowest BCUT2D eigenvalue weighted by Crippen LogP contribution is -2.38. The smallest absolute Gasteiger partial charge is 0.417 e. The molecular weight excluding hydrogens is 329 g/mol. The van der Waals surface area contributed by atoms with Crippen LogP contribution in [0.2, 0.25) is 0 Å². The van der Waals surface area contributed by atoms with E-state index in [0.717, 1.165) is 49.2 Å². The summed E-state index contributed by atoms with van der Waals surface area (Å²) in [7, 11) is 0. The second kappa shape index (κ2) is 6.31. The topological polar surface area (TPSA) is 51.1 Å². The van der Waals surface area contributed by atoms with Gasteiger partial charge in [-0.3, -0.25) is 0 Å². The van der Waals surface area contributed by atoms with Gasteiger partial charge < -0.3 is 9.64 Å². The molecule has 0 unspecified atom stereocenters. The number of hydrogen-bond donors (Lipinski definition) is 0. The molecule has 0 atom stereocenters. The van der Waals surface area contributed by atoms with E-state index in [-0.39, 0.29) is 12.0 Å². The number of rotatable bonds is 3. The van der Waals surface area contributed by atoms with Crippen LogP contribution in [0.4, 0.5) is 18.3 Å². The standard InChI is InChI=1S/C14H15F3N4OS/c1-9-19-13(23-20-9)21-6-4-11(5-7-21)22-12-3-2-10(8-18-12)14(15,16)17/h2-3,8,11H,4-7H2,1H3. The predicted molar refractivity (Wildman–Crippen MR) is 79.7 cm³/mol. The van der Waals surface area contributed by atoms with E-state index in [1.807, 2.05) is 6.92 Å². The SMILES string of the molecule is Cc1nsc(N2CCC(Oc3ccc(C(F)(F)F)cn3)CC2)n1. The Kier molecular flexibility index (Phi) is 4.38. The van der Waals surface area contributed by atoms with Gasteiger partial charge in [0, 0.05) is 49.7 Å². The maximum atomic E-state index is 12.5. The van der Waals surface area contributed by atoms with Gasteiger partial charge in [-0.25, -0.2) is 9.97 Å². The number of nitrogens with zero attached hydrogens (tertiary/aromatic N) is 4. The van der Waals surface area contributed by atoms with Gasteiger partial charge in [0.2, 0.25) is 11.0 Å². The van der Waals surface area contributed by atoms with Crippen molar-refractivity contribution in [2.24, 2.45) is 0 Å². The van der Waals surface area contributed by atoms with Crippen molar-refractivity contribution in [1.82, 2.24) is 14.3 Å². The molecule has 3 rings (SSSR count). The molecule has 1 fully saturated rings. The van der Waals surface area contributed by atoms with Crippen molar-refractivity contribution in [3.63, 3.8) is 0 Å². The van der Waals surface area contributed by atoms with E-state index in [9.17, 15) is 13.2 Å². The monoisotopic (exact) mass is 344 g/mol. The number of anilines is 1. The second-order valence-corrected chi connectivity index (χ2v) is 6.04. The molecule has 0 aromatic carbocycles. The van der Waals surface area contributed by atoms with E-state index in [4.69, 9.17) is 4.74 Å². The number of alkyl halides is 3. The molecular formula is C14H15F3N4OS. The molecule has 2 aromatic rings. The number of hydrogen-bond acceptors (Lipinski definition) is 6. The summed E-state index contributed by atoms with van der Waals surface area (Å²) in [5.74, 6) is 0.987. The molecule has 0 saturated carbocycles. The summed E-state index contributed by atoms with van der Waals surface area (Å²) in [4.78, 5) is 10.2. The number of aryl methyl sites for hydroxylation is 1. The van der Waals surface area contributed by atoms with Crippen LogP contribution in [-0.4, -0.2) is 33.5 Å². The van der Waals surface area contributed by atoms with Crippen molar-refractivity contribution in [1.29, 1.82) is 0 Å². The van der Waals surface area contributed by atoms with E-state index in [2.05, 4.69) is 19.2 Å². The zero-order valence-electron chi connectivity index (χ0n) is 12.4. The summed E-state index contributed by atoms with van der Waals surface area (Å²) in [6.07, 6.45) is -2.10. The van der Waals surface area contributed by atoms with Crippen molar-refractivity contribution in [3.8, 4) is 5.88 Å². The summed E-state index contributed by atoms with van der Waals surface area (Å²) in [5.41, 5.74) is -0.772. The largest absolute Gasteiger partial charge is 0.474 e. The Morgan fingerprint density at radius 1 is 1.26 bits per heavy atom. The second-order valence-electron chi connectivity index (χ2n) is 5.31. The molecule has 0 N–H and O–H groups in total. The normalized spacial score (nSPS) is 16.6. The lowest BCUT2D eigenvalue weighted by molar-refractivity contribution is -0.137. The third kappa shape index (κ3) is 3.90. The van der Waals surface area contributed by atoms with Crippen molar-refractivity contribution < 1.29 is 17.9 Å². The number of piperidine rings is 1. The number of aromatic nitrogens is 3. The van der Waals surface area contributed by atoms with Gasteiger partial charge in [-0.15, -0.1) is 0 Å². The van der Waals surface area contributed by atoms with Crippen LogP contribution in [-0.2, 0) is 6.18 Å². The molecule has 2 aromatic heterocycles. The van der Waals surface area contributed by atoms with Crippen LogP contribution >= 0.6 is 11.5 Å². The fraction of sp³-hybridized carbons (Fsp3) is 0.500. The zero-order chi connectivity index (χ0) is 16.4. The number of pyridine rings is 1. The minimum atomic E-state index is -4.38. The van der Waals surface area contributed by atoms with Crippen LogP contribution in [0.5, 0.6) is 5.88 Å². The molecule has 0 bridgehead atoms. The molecule has 0 aliphatic carbocycles. The van der Waals surface area contributed by atoms with Gasteiger partial charge in [-0.2, -0.15) is 17.5 Å². The lowest BCUT2D eigenvalue weighted by atomic mass is 10.1. The quantitative estimate of drug-likeness (QED) is 0.855. The highest BCUT2D eigenvalue weighted by molar-refractivity contribution is 7.09. The molecule has 124 valence electrons. The van der Waals surface area contributed by atoms with E-state index in [1.165, 1.54) is 17.6 Å². The first-order valence-electron chi connectivity index (χ1n) is 7.17. The van der Waals surface area contributed by atoms with Crippen LogP contribution in [0.15, 0.2) is 18.3 Å². The summed E-state index contributed by atoms with van der Waals surface area (Å²) in [5, 5.41) is 0.897. The van der Waals surface area contributed by atoms with E-state index < -0.39 is 11.7 Å². The van der Waals surface area contributed by atoms with Crippen LogP contribution in [0, 0.1) is 6.92 Å². The highest BCUT2D eigenvalue weighted by atomic mass is 32.1. The maximum absolute atomic E-state index is 12.5. The minimum absolute atomic E-state index is 0.0514. The Balaban J connectivity index is 1.54. The van der Waals surface area contributed by atoms with Gasteiger partial charge in [0.25, 0.3) is 0 Å². The molecule has 1 saturated heterocycles. The van der Waals surface area contributed by atoms with E-state index >= 15 is 0 Å². The van der Waals surface area contributed by atoms with E-state index in [0.29, 0.717) is 0 Å². The summed E-state index contributed by atoms with van der Waals surface area (Å²) < 4.78 is 47.3. The first-order valence-corrected chi connectivity index (χ1v) is 7.94. The Hall–Kier alpha value is -1.90. The molecule has 1 aliphatic rings. The maximum Gasteiger partial charge on any atom is 0.417 e. The molecule has 0 spiro atoms. The Morgan fingerprint density at radius 2 is 2.00 bits per heavy atom. The zero-order valence-corrected chi connectivity index (χ0v) is 13.2. The third-order valence-corrected chi connectivity index (χ3v) is 4.45. The third-order valence-electron chi connectivity index (χ3n) is 3.58.